The lowest BCUT2D eigenvalue weighted by atomic mass is 10.1. The molecule has 1 N–H and O–H groups in total. The van der Waals surface area contributed by atoms with Gasteiger partial charge in [-0.15, -0.1) is 0 Å². The summed E-state index contributed by atoms with van der Waals surface area (Å²) < 4.78 is 5.80. The van der Waals surface area contributed by atoms with E-state index in [1.165, 1.54) is 0 Å². The molecule has 0 fully saturated rings. The van der Waals surface area contributed by atoms with Gasteiger partial charge in [-0.2, -0.15) is 5.26 Å². The Morgan fingerprint density at radius 3 is 2.76 bits per heavy atom. The molecule has 2 aromatic carbocycles. The lowest BCUT2D eigenvalue weighted by molar-refractivity contribution is 0.303. The van der Waals surface area contributed by atoms with Crippen LogP contribution in [0.4, 0.5) is 0 Å². The zero-order valence-corrected chi connectivity index (χ0v) is 12.0. The first-order valence-corrected chi connectivity index (χ1v) is 6.56. The van der Waals surface area contributed by atoms with Crippen molar-refractivity contribution in [1.29, 1.82) is 5.26 Å². The summed E-state index contributed by atoms with van der Waals surface area (Å²) in [5, 5.41) is 21.3. The molecule has 0 radical (unpaired) electrons. The monoisotopic (exact) mass is 280 g/mol. The van der Waals surface area contributed by atoms with Gasteiger partial charge in [-0.05, 0) is 32.0 Å². The van der Waals surface area contributed by atoms with Gasteiger partial charge in [0.2, 0.25) is 0 Å². The predicted octanol–water partition coefficient (Wildman–Crippen LogP) is 3.64. The van der Waals surface area contributed by atoms with Crippen LogP contribution < -0.4 is 4.74 Å². The molecule has 0 saturated carbocycles. The number of nitrogens with zero attached hydrogens (tertiary/aromatic N) is 2. The van der Waals surface area contributed by atoms with Crippen LogP contribution >= 0.6 is 0 Å². The Labute approximate surface area is 123 Å². The van der Waals surface area contributed by atoms with Crippen molar-refractivity contribution >= 4 is 5.71 Å². The van der Waals surface area contributed by atoms with Crippen molar-refractivity contribution in [3.63, 3.8) is 0 Å². The summed E-state index contributed by atoms with van der Waals surface area (Å²) in [6.45, 7) is 3.96. The Hall–Kier alpha value is -2.80. The average Bonchev–Trinajstić information content (AvgIpc) is 2.53. The summed E-state index contributed by atoms with van der Waals surface area (Å²) in [6, 6.07) is 15.1. The highest BCUT2D eigenvalue weighted by atomic mass is 16.5. The lowest BCUT2D eigenvalue weighted by Gasteiger charge is -2.12. The number of nitriles is 1. The van der Waals surface area contributed by atoms with E-state index in [1.54, 1.807) is 13.0 Å². The first-order chi connectivity index (χ1) is 10.2. The predicted molar refractivity (Wildman–Crippen MR) is 80.7 cm³/mol. The maximum absolute atomic E-state index is 9.08. The third kappa shape index (κ3) is 3.40. The van der Waals surface area contributed by atoms with E-state index in [0.717, 1.165) is 16.7 Å². The highest BCUT2D eigenvalue weighted by molar-refractivity contribution is 6.00. The molecule has 0 aliphatic carbocycles. The zero-order valence-electron chi connectivity index (χ0n) is 12.0. The standard InChI is InChI=1S/C17H16N2O2/c1-12-7-8-17(16(9-12)13(2)19-20)21-11-15-6-4-3-5-14(15)10-18/h3-9,20H,11H2,1-2H3/b19-13+. The van der Waals surface area contributed by atoms with Crippen LogP contribution in [0, 0.1) is 18.3 Å². The second kappa shape index (κ2) is 6.58. The Balaban J connectivity index is 2.27. The number of benzene rings is 2. The van der Waals surface area contributed by atoms with Crippen LogP contribution in [-0.2, 0) is 6.61 Å². The van der Waals surface area contributed by atoms with Gasteiger partial charge in [0.1, 0.15) is 12.4 Å². The maximum atomic E-state index is 9.08. The fraction of sp³-hybridized carbons (Fsp3) is 0.176. The fourth-order valence-corrected chi connectivity index (χ4v) is 2.02. The summed E-state index contributed by atoms with van der Waals surface area (Å²) in [5.74, 6) is 0.628. The molecule has 0 bridgehead atoms. The molecule has 0 aliphatic rings. The van der Waals surface area contributed by atoms with Crippen molar-refractivity contribution < 1.29 is 9.94 Å². The molecule has 0 atom stereocenters. The highest BCUT2D eigenvalue weighted by Crippen LogP contribution is 2.22. The third-order valence-electron chi connectivity index (χ3n) is 3.20. The largest absolute Gasteiger partial charge is 0.488 e. The van der Waals surface area contributed by atoms with Crippen molar-refractivity contribution in [3.8, 4) is 11.8 Å². The average molecular weight is 280 g/mol. The molecule has 0 heterocycles. The molecule has 0 unspecified atom stereocenters. The van der Waals surface area contributed by atoms with Crippen molar-refractivity contribution in [2.24, 2.45) is 5.16 Å². The second-order valence-corrected chi connectivity index (χ2v) is 4.74. The molecule has 0 aromatic heterocycles. The summed E-state index contributed by atoms with van der Waals surface area (Å²) in [5.41, 5.74) is 3.70. The van der Waals surface area contributed by atoms with Crippen LogP contribution in [0.5, 0.6) is 5.75 Å². The Bertz CT molecular complexity index is 715. The van der Waals surface area contributed by atoms with E-state index in [4.69, 9.17) is 15.2 Å². The summed E-state index contributed by atoms with van der Waals surface area (Å²) in [4.78, 5) is 0. The molecule has 2 aromatic rings. The smallest absolute Gasteiger partial charge is 0.128 e. The number of aryl methyl sites for hydroxylation is 1. The summed E-state index contributed by atoms with van der Waals surface area (Å²) in [7, 11) is 0. The molecular formula is C17H16N2O2. The highest BCUT2D eigenvalue weighted by Gasteiger charge is 2.09. The van der Waals surface area contributed by atoms with E-state index in [0.29, 0.717) is 23.6 Å². The Morgan fingerprint density at radius 1 is 1.29 bits per heavy atom. The topological polar surface area (TPSA) is 65.6 Å². The molecular weight excluding hydrogens is 264 g/mol. The quantitative estimate of drug-likeness (QED) is 0.528. The van der Waals surface area contributed by atoms with E-state index in [9.17, 15) is 0 Å². The van der Waals surface area contributed by atoms with Crippen LogP contribution in [0.1, 0.15) is 29.2 Å². The van der Waals surface area contributed by atoms with Crippen molar-refractivity contribution in [1.82, 2.24) is 0 Å². The maximum Gasteiger partial charge on any atom is 0.128 e. The van der Waals surface area contributed by atoms with Crippen LogP contribution in [0.15, 0.2) is 47.6 Å². The number of ether oxygens (including phenoxy) is 1. The van der Waals surface area contributed by atoms with Gasteiger partial charge in [-0.1, -0.05) is 35.0 Å². The van der Waals surface area contributed by atoms with Crippen LogP contribution in [0.3, 0.4) is 0 Å². The van der Waals surface area contributed by atoms with Crippen LogP contribution in [0.2, 0.25) is 0 Å². The first-order valence-electron chi connectivity index (χ1n) is 6.56. The van der Waals surface area contributed by atoms with Crippen LogP contribution in [0.25, 0.3) is 0 Å². The van der Waals surface area contributed by atoms with E-state index in [2.05, 4.69) is 11.2 Å². The number of rotatable bonds is 4. The van der Waals surface area contributed by atoms with E-state index >= 15 is 0 Å². The van der Waals surface area contributed by atoms with Crippen LogP contribution in [-0.4, -0.2) is 10.9 Å². The fourth-order valence-electron chi connectivity index (χ4n) is 2.02. The SMILES string of the molecule is C/C(=N\O)c1cc(C)ccc1OCc1ccccc1C#N. The summed E-state index contributed by atoms with van der Waals surface area (Å²) in [6.07, 6.45) is 0. The molecule has 4 nitrogen and oxygen atoms in total. The molecule has 2 rings (SSSR count). The molecule has 106 valence electrons. The van der Waals surface area contributed by atoms with E-state index in [-0.39, 0.29) is 0 Å². The van der Waals surface area contributed by atoms with Gasteiger partial charge in [0.15, 0.2) is 0 Å². The van der Waals surface area contributed by atoms with Gasteiger partial charge in [0.05, 0.1) is 17.3 Å². The molecule has 0 spiro atoms. The molecule has 21 heavy (non-hydrogen) atoms. The Kier molecular flexibility index (Phi) is 4.57. The van der Waals surface area contributed by atoms with Gasteiger partial charge in [0, 0.05) is 11.1 Å². The van der Waals surface area contributed by atoms with Gasteiger partial charge in [-0.25, -0.2) is 0 Å². The lowest BCUT2D eigenvalue weighted by Crippen LogP contribution is -2.04. The minimum Gasteiger partial charge on any atom is -0.488 e. The van der Waals surface area contributed by atoms with Gasteiger partial charge in [-0.3, -0.25) is 0 Å². The number of hydrogen-bond acceptors (Lipinski definition) is 4. The molecule has 0 aliphatic heterocycles. The minimum atomic E-state index is 0.290. The minimum absolute atomic E-state index is 0.290. The number of oxime groups is 1. The van der Waals surface area contributed by atoms with Gasteiger partial charge >= 0.3 is 0 Å². The third-order valence-corrected chi connectivity index (χ3v) is 3.20. The molecule has 4 heteroatoms. The van der Waals surface area contributed by atoms with Gasteiger partial charge < -0.3 is 9.94 Å². The molecule has 0 amide bonds. The van der Waals surface area contributed by atoms with Crippen molar-refractivity contribution in [2.75, 3.05) is 0 Å². The van der Waals surface area contributed by atoms with Crippen molar-refractivity contribution in [3.05, 3.63) is 64.7 Å². The Morgan fingerprint density at radius 2 is 2.05 bits per heavy atom. The van der Waals surface area contributed by atoms with E-state index < -0.39 is 0 Å². The zero-order chi connectivity index (χ0) is 15.2. The normalized spacial score (nSPS) is 11.0. The summed E-state index contributed by atoms with van der Waals surface area (Å²) >= 11 is 0. The second-order valence-electron chi connectivity index (χ2n) is 4.74. The molecule has 0 saturated heterocycles. The first kappa shape index (κ1) is 14.6. The van der Waals surface area contributed by atoms with Crippen molar-refractivity contribution in [2.45, 2.75) is 20.5 Å². The van der Waals surface area contributed by atoms with Gasteiger partial charge in [0.25, 0.3) is 0 Å². The number of hydrogen-bond donors (Lipinski definition) is 1. The van der Waals surface area contributed by atoms with E-state index in [1.807, 2.05) is 43.3 Å².